The Morgan fingerprint density at radius 1 is 1.26 bits per heavy atom. The van der Waals surface area contributed by atoms with E-state index >= 15 is 0 Å². The van der Waals surface area contributed by atoms with Crippen LogP contribution >= 0.6 is 0 Å². The van der Waals surface area contributed by atoms with E-state index in [9.17, 15) is 4.79 Å². The van der Waals surface area contributed by atoms with Crippen LogP contribution in [0, 0.1) is 0 Å². The SMILES string of the molecule is CN1CCCCC1CCNCCC(=O)NC(C)(C)C. The molecule has 4 nitrogen and oxygen atoms in total. The molecule has 0 spiro atoms. The third-order valence-corrected chi connectivity index (χ3v) is 3.62. The molecule has 1 unspecified atom stereocenters. The first-order chi connectivity index (χ1) is 8.88. The van der Waals surface area contributed by atoms with Crippen molar-refractivity contribution in [1.82, 2.24) is 15.5 Å². The van der Waals surface area contributed by atoms with Gasteiger partial charge in [-0.15, -0.1) is 0 Å². The molecule has 0 aliphatic carbocycles. The molecule has 1 saturated heterocycles. The summed E-state index contributed by atoms with van der Waals surface area (Å²) in [5.41, 5.74) is -0.123. The van der Waals surface area contributed by atoms with Crippen LogP contribution in [0.1, 0.15) is 52.9 Å². The Bertz CT molecular complexity index is 273. The normalized spacial score (nSPS) is 21.4. The molecule has 2 N–H and O–H groups in total. The second-order valence-electron chi connectivity index (χ2n) is 6.72. The number of carbonyl (C=O) groups excluding carboxylic acids is 1. The summed E-state index contributed by atoms with van der Waals surface area (Å²) in [4.78, 5) is 14.1. The first-order valence-corrected chi connectivity index (χ1v) is 7.60. The zero-order valence-corrected chi connectivity index (χ0v) is 13.1. The summed E-state index contributed by atoms with van der Waals surface area (Å²) in [6.07, 6.45) is 5.79. The average Bonchev–Trinajstić information content (AvgIpc) is 2.28. The van der Waals surface area contributed by atoms with Gasteiger partial charge >= 0.3 is 0 Å². The van der Waals surface area contributed by atoms with Crippen LogP contribution in [0.25, 0.3) is 0 Å². The summed E-state index contributed by atoms with van der Waals surface area (Å²) in [5, 5.41) is 6.36. The van der Waals surface area contributed by atoms with E-state index in [1.807, 2.05) is 20.8 Å². The number of carbonyl (C=O) groups is 1. The largest absolute Gasteiger partial charge is 0.351 e. The highest BCUT2D eigenvalue weighted by Gasteiger charge is 2.18. The Balaban J connectivity index is 2.03. The fraction of sp³-hybridized carbons (Fsp3) is 0.933. The standard InChI is InChI=1S/C15H31N3O/c1-15(2,3)17-14(19)9-11-16-10-8-13-7-5-6-12-18(13)4/h13,16H,5-12H2,1-4H3,(H,17,19). The minimum absolute atomic E-state index is 0.123. The lowest BCUT2D eigenvalue weighted by atomic mass is 10.0. The Morgan fingerprint density at radius 3 is 2.63 bits per heavy atom. The van der Waals surface area contributed by atoms with Gasteiger partial charge in [0.1, 0.15) is 0 Å². The highest BCUT2D eigenvalue weighted by Crippen LogP contribution is 2.16. The lowest BCUT2D eigenvalue weighted by molar-refractivity contribution is -0.122. The fourth-order valence-corrected chi connectivity index (χ4v) is 2.59. The second kappa shape index (κ2) is 7.85. The molecule has 1 fully saturated rings. The maximum Gasteiger partial charge on any atom is 0.221 e. The van der Waals surface area contributed by atoms with Crippen molar-refractivity contribution in [2.45, 2.75) is 64.5 Å². The lowest BCUT2D eigenvalue weighted by Gasteiger charge is -2.32. The van der Waals surface area contributed by atoms with Crippen LogP contribution in [0.15, 0.2) is 0 Å². The average molecular weight is 269 g/mol. The van der Waals surface area contributed by atoms with Gasteiger partial charge in [0.2, 0.25) is 5.91 Å². The number of hydrogen-bond acceptors (Lipinski definition) is 3. The molecule has 19 heavy (non-hydrogen) atoms. The number of likely N-dealkylation sites (tertiary alicyclic amines) is 1. The number of nitrogens with one attached hydrogen (secondary N) is 2. The molecule has 1 aliphatic rings. The van der Waals surface area contributed by atoms with Gasteiger partial charge in [0.05, 0.1) is 0 Å². The molecule has 0 aromatic rings. The summed E-state index contributed by atoms with van der Waals surface area (Å²) in [6, 6.07) is 0.727. The predicted octanol–water partition coefficient (Wildman–Crippen LogP) is 1.76. The number of rotatable bonds is 6. The summed E-state index contributed by atoms with van der Waals surface area (Å²) in [7, 11) is 2.22. The van der Waals surface area contributed by atoms with Gasteiger partial charge in [-0.1, -0.05) is 6.42 Å². The highest BCUT2D eigenvalue weighted by molar-refractivity contribution is 5.76. The quantitative estimate of drug-likeness (QED) is 0.722. The molecule has 112 valence electrons. The van der Waals surface area contributed by atoms with Crippen LogP contribution < -0.4 is 10.6 Å². The molecule has 0 radical (unpaired) electrons. The van der Waals surface area contributed by atoms with Gasteiger partial charge in [-0.25, -0.2) is 0 Å². The van der Waals surface area contributed by atoms with E-state index < -0.39 is 0 Å². The van der Waals surface area contributed by atoms with E-state index in [0.717, 1.165) is 19.1 Å². The van der Waals surface area contributed by atoms with Crippen molar-refractivity contribution in [3.05, 3.63) is 0 Å². The highest BCUT2D eigenvalue weighted by atomic mass is 16.1. The minimum atomic E-state index is -0.123. The van der Waals surface area contributed by atoms with E-state index in [1.54, 1.807) is 0 Å². The molecule has 4 heteroatoms. The number of piperidine rings is 1. The van der Waals surface area contributed by atoms with E-state index in [0.29, 0.717) is 6.42 Å². The van der Waals surface area contributed by atoms with Crippen LogP contribution in [0.3, 0.4) is 0 Å². The zero-order chi connectivity index (χ0) is 14.3. The van der Waals surface area contributed by atoms with Gasteiger partial charge in [-0.3, -0.25) is 4.79 Å². The summed E-state index contributed by atoms with van der Waals surface area (Å²) in [6.45, 7) is 9.06. The van der Waals surface area contributed by atoms with Gasteiger partial charge in [-0.2, -0.15) is 0 Å². The Labute approximate surface area is 118 Å². The third kappa shape index (κ3) is 7.53. The van der Waals surface area contributed by atoms with Gasteiger partial charge < -0.3 is 15.5 Å². The van der Waals surface area contributed by atoms with Gasteiger partial charge in [0.25, 0.3) is 0 Å². The van der Waals surface area contributed by atoms with E-state index in [-0.39, 0.29) is 11.4 Å². The van der Waals surface area contributed by atoms with Crippen molar-refractivity contribution < 1.29 is 4.79 Å². The molecule has 1 rings (SSSR count). The van der Waals surface area contributed by atoms with Crippen LogP contribution in [-0.4, -0.2) is 49.1 Å². The maximum atomic E-state index is 11.6. The van der Waals surface area contributed by atoms with Crippen LogP contribution in [0.2, 0.25) is 0 Å². The van der Waals surface area contributed by atoms with Crippen molar-refractivity contribution in [2.24, 2.45) is 0 Å². The van der Waals surface area contributed by atoms with Crippen molar-refractivity contribution in [3.8, 4) is 0 Å². The number of nitrogens with zero attached hydrogens (tertiary/aromatic N) is 1. The van der Waals surface area contributed by atoms with Crippen LogP contribution in [-0.2, 0) is 4.79 Å². The minimum Gasteiger partial charge on any atom is -0.351 e. The smallest absolute Gasteiger partial charge is 0.221 e. The molecule has 1 amide bonds. The second-order valence-corrected chi connectivity index (χ2v) is 6.72. The summed E-state index contributed by atoms with van der Waals surface area (Å²) < 4.78 is 0. The fourth-order valence-electron chi connectivity index (χ4n) is 2.59. The number of amides is 1. The van der Waals surface area contributed by atoms with Gasteiger partial charge in [-0.05, 0) is 60.2 Å². The first kappa shape index (κ1) is 16.4. The summed E-state index contributed by atoms with van der Waals surface area (Å²) in [5.74, 6) is 0.134. The molecule has 0 aromatic carbocycles. The molecule has 0 bridgehead atoms. The van der Waals surface area contributed by atoms with E-state index in [1.165, 1.54) is 32.2 Å². The van der Waals surface area contributed by atoms with Gasteiger partial charge in [0.15, 0.2) is 0 Å². The Morgan fingerprint density at radius 2 is 2.00 bits per heavy atom. The van der Waals surface area contributed by atoms with Crippen molar-refractivity contribution in [1.29, 1.82) is 0 Å². The third-order valence-electron chi connectivity index (χ3n) is 3.62. The molecule has 1 atom stereocenters. The molecule has 1 heterocycles. The Hall–Kier alpha value is -0.610. The zero-order valence-electron chi connectivity index (χ0n) is 13.1. The molecule has 0 saturated carbocycles. The lowest BCUT2D eigenvalue weighted by Crippen LogP contribution is -2.42. The molecular weight excluding hydrogens is 238 g/mol. The maximum absolute atomic E-state index is 11.6. The molecule has 1 aliphatic heterocycles. The van der Waals surface area contributed by atoms with Crippen molar-refractivity contribution in [2.75, 3.05) is 26.7 Å². The predicted molar refractivity (Wildman–Crippen MR) is 80.3 cm³/mol. The Kier molecular flexibility index (Phi) is 6.80. The van der Waals surface area contributed by atoms with Crippen LogP contribution in [0.4, 0.5) is 0 Å². The number of hydrogen-bond donors (Lipinski definition) is 2. The van der Waals surface area contributed by atoms with Gasteiger partial charge in [0, 0.05) is 24.5 Å². The summed E-state index contributed by atoms with van der Waals surface area (Å²) >= 11 is 0. The van der Waals surface area contributed by atoms with E-state index in [2.05, 4.69) is 22.6 Å². The van der Waals surface area contributed by atoms with Crippen molar-refractivity contribution in [3.63, 3.8) is 0 Å². The monoisotopic (exact) mass is 269 g/mol. The van der Waals surface area contributed by atoms with Crippen LogP contribution in [0.5, 0.6) is 0 Å². The topological polar surface area (TPSA) is 44.4 Å². The molecule has 0 aromatic heterocycles. The van der Waals surface area contributed by atoms with Crippen molar-refractivity contribution >= 4 is 5.91 Å². The first-order valence-electron chi connectivity index (χ1n) is 7.60. The van der Waals surface area contributed by atoms with E-state index in [4.69, 9.17) is 0 Å². The molecular formula is C15H31N3O.